The summed E-state index contributed by atoms with van der Waals surface area (Å²) in [6.45, 7) is 0. The van der Waals surface area contributed by atoms with Crippen LogP contribution < -0.4 is 0 Å². The Morgan fingerprint density at radius 1 is 0.167 bits per heavy atom. The summed E-state index contributed by atoms with van der Waals surface area (Å²) in [5.74, 6) is 0. The second-order valence-corrected chi connectivity index (χ2v) is 14.4. The Morgan fingerprint density at radius 2 is 0.407 bits per heavy atom. The van der Waals surface area contributed by atoms with Crippen LogP contribution in [0.4, 0.5) is 0 Å². The summed E-state index contributed by atoms with van der Waals surface area (Å²) >= 11 is 0. The van der Waals surface area contributed by atoms with Gasteiger partial charge in [0.2, 0.25) is 0 Å². The van der Waals surface area contributed by atoms with Crippen molar-refractivity contribution < 1.29 is 0 Å². The highest BCUT2D eigenvalue weighted by molar-refractivity contribution is 6.23. The molecule has 0 heterocycles. The zero-order valence-electron chi connectivity index (χ0n) is 29.6. The van der Waals surface area contributed by atoms with Crippen LogP contribution in [0.5, 0.6) is 0 Å². The van der Waals surface area contributed by atoms with Gasteiger partial charge in [0.05, 0.1) is 0 Å². The van der Waals surface area contributed by atoms with E-state index >= 15 is 0 Å². The highest BCUT2D eigenvalue weighted by Gasteiger charge is 2.20. The zero-order chi connectivity index (χ0) is 35.6. The number of benzene rings is 11. The van der Waals surface area contributed by atoms with Crippen LogP contribution >= 0.6 is 0 Å². The van der Waals surface area contributed by atoms with Crippen molar-refractivity contribution >= 4 is 64.6 Å². The largest absolute Gasteiger partial charge is 0.0616 e. The van der Waals surface area contributed by atoms with Gasteiger partial charge in [0, 0.05) is 0 Å². The van der Waals surface area contributed by atoms with Crippen molar-refractivity contribution in [1.82, 2.24) is 0 Å². The molecule has 0 fully saturated rings. The van der Waals surface area contributed by atoms with Gasteiger partial charge in [-0.1, -0.05) is 194 Å². The maximum atomic E-state index is 2.36. The molecule has 0 saturated heterocycles. The van der Waals surface area contributed by atoms with E-state index in [1.165, 1.54) is 109 Å². The number of rotatable bonds is 4. The molecule has 0 amide bonds. The van der Waals surface area contributed by atoms with Gasteiger partial charge in [-0.05, 0) is 121 Å². The zero-order valence-corrected chi connectivity index (χ0v) is 29.6. The molecule has 0 spiro atoms. The summed E-state index contributed by atoms with van der Waals surface area (Å²) in [6.07, 6.45) is 0. The smallest absolute Gasteiger partial charge is 0.00201 e. The van der Waals surface area contributed by atoms with Crippen molar-refractivity contribution in [2.45, 2.75) is 0 Å². The normalized spacial score (nSPS) is 11.7. The summed E-state index contributed by atoms with van der Waals surface area (Å²) in [7, 11) is 0. The van der Waals surface area contributed by atoms with Gasteiger partial charge in [0.15, 0.2) is 0 Å². The Labute approximate surface area is 314 Å². The van der Waals surface area contributed by atoms with Crippen LogP contribution in [0.3, 0.4) is 0 Å². The number of hydrogen-bond donors (Lipinski definition) is 0. The minimum atomic E-state index is 1.21. The summed E-state index contributed by atoms with van der Waals surface area (Å²) in [4.78, 5) is 0. The second-order valence-electron chi connectivity index (χ2n) is 14.4. The third-order valence-corrected chi connectivity index (χ3v) is 11.4. The van der Waals surface area contributed by atoms with E-state index in [9.17, 15) is 0 Å². The molecule has 0 unspecified atom stereocenters. The Morgan fingerprint density at radius 3 is 0.741 bits per heavy atom. The molecule has 11 aromatic rings. The molecule has 0 aliphatic heterocycles. The van der Waals surface area contributed by atoms with Crippen molar-refractivity contribution in [3.05, 3.63) is 206 Å². The lowest BCUT2D eigenvalue weighted by Gasteiger charge is -2.21. The molecule has 0 bridgehead atoms. The number of fused-ring (bicyclic) bond motifs is 8. The lowest BCUT2D eigenvalue weighted by Crippen LogP contribution is -1.93. The topological polar surface area (TPSA) is 0 Å². The van der Waals surface area contributed by atoms with E-state index in [1.807, 2.05) is 0 Å². The average Bonchev–Trinajstić information content (AvgIpc) is 3.25. The lowest BCUT2D eigenvalue weighted by molar-refractivity contribution is 1.62. The van der Waals surface area contributed by atoms with E-state index in [2.05, 4.69) is 206 Å². The van der Waals surface area contributed by atoms with Crippen molar-refractivity contribution in [3.63, 3.8) is 0 Å². The molecule has 54 heavy (non-hydrogen) atoms. The first kappa shape index (κ1) is 30.6. The van der Waals surface area contributed by atoms with Crippen LogP contribution in [0.1, 0.15) is 0 Å². The summed E-state index contributed by atoms with van der Waals surface area (Å²) < 4.78 is 0. The lowest BCUT2D eigenvalue weighted by atomic mass is 9.82. The fourth-order valence-electron chi connectivity index (χ4n) is 8.98. The average molecular weight is 683 g/mol. The van der Waals surface area contributed by atoms with Gasteiger partial charge in [-0.15, -0.1) is 0 Å². The Hall–Kier alpha value is -7.02. The van der Waals surface area contributed by atoms with Crippen molar-refractivity contribution in [2.75, 3.05) is 0 Å². The van der Waals surface area contributed by atoms with Gasteiger partial charge in [-0.2, -0.15) is 0 Å². The highest BCUT2D eigenvalue weighted by Crippen LogP contribution is 2.48. The Balaban J connectivity index is 1.19. The van der Waals surface area contributed by atoms with Gasteiger partial charge in [0.1, 0.15) is 0 Å². The van der Waals surface area contributed by atoms with Crippen LogP contribution in [-0.2, 0) is 0 Å². The predicted molar refractivity (Wildman–Crippen MR) is 233 cm³/mol. The minimum absolute atomic E-state index is 1.21. The molecule has 0 aliphatic carbocycles. The highest BCUT2D eigenvalue weighted by atomic mass is 14.2. The summed E-state index contributed by atoms with van der Waals surface area (Å²) in [6, 6.07) is 76.2. The van der Waals surface area contributed by atoms with Crippen molar-refractivity contribution in [2.24, 2.45) is 0 Å². The molecular formula is C54H34. The third-order valence-electron chi connectivity index (χ3n) is 11.4. The molecule has 0 N–H and O–H groups in total. The maximum Gasteiger partial charge on any atom is -0.00201 e. The molecule has 0 heteroatoms. The third kappa shape index (κ3) is 4.78. The summed E-state index contributed by atoms with van der Waals surface area (Å²) in [5, 5.41) is 15.2. The molecular weight excluding hydrogens is 649 g/mol. The SMILES string of the molecule is c1ccc2cc(-c3c(-c4ccc(-c5c(-c6ccc7ccccc7c6)c6ccccc6c6ccccc56)cc4)c4ccccc4c4ccccc34)ccc2c1. The molecule has 11 rings (SSSR count). The first-order valence-corrected chi connectivity index (χ1v) is 18.8. The van der Waals surface area contributed by atoms with E-state index in [4.69, 9.17) is 0 Å². The molecule has 0 atom stereocenters. The van der Waals surface area contributed by atoms with Gasteiger partial charge in [0.25, 0.3) is 0 Å². The molecule has 0 aromatic heterocycles. The molecule has 0 nitrogen and oxygen atoms in total. The first-order chi connectivity index (χ1) is 26.8. The minimum Gasteiger partial charge on any atom is -0.0616 e. The van der Waals surface area contributed by atoms with E-state index in [-0.39, 0.29) is 0 Å². The molecule has 11 aromatic carbocycles. The van der Waals surface area contributed by atoms with E-state index in [0.29, 0.717) is 0 Å². The molecule has 250 valence electrons. The van der Waals surface area contributed by atoms with Gasteiger partial charge >= 0.3 is 0 Å². The molecule has 0 aliphatic rings. The molecule has 0 saturated carbocycles. The standard InChI is InChI=1S/C54H34/c1-3-15-39-33-41(31-25-35(39)13-1)53-49-23-11-7-19-45(49)43-17-5-9-21-47(43)51(53)37-27-29-38(30-28-37)52-48-22-10-6-18-44(48)46-20-8-12-24-50(46)54(52)42-32-26-36-14-2-4-16-40(36)34-42/h1-34H. The predicted octanol–water partition coefficient (Wildman–Crippen LogP) is 15.3. The Bertz CT molecular complexity index is 3030. The van der Waals surface area contributed by atoms with Crippen LogP contribution in [0.2, 0.25) is 0 Å². The van der Waals surface area contributed by atoms with Gasteiger partial charge < -0.3 is 0 Å². The van der Waals surface area contributed by atoms with E-state index in [1.54, 1.807) is 0 Å². The van der Waals surface area contributed by atoms with E-state index < -0.39 is 0 Å². The monoisotopic (exact) mass is 682 g/mol. The van der Waals surface area contributed by atoms with E-state index in [0.717, 1.165) is 0 Å². The Kier molecular flexibility index (Phi) is 6.97. The van der Waals surface area contributed by atoms with Gasteiger partial charge in [-0.25, -0.2) is 0 Å². The fourth-order valence-corrected chi connectivity index (χ4v) is 8.98. The maximum absolute atomic E-state index is 2.36. The van der Waals surface area contributed by atoms with Crippen LogP contribution in [0.15, 0.2) is 206 Å². The van der Waals surface area contributed by atoms with Crippen LogP contribution in [-0.4, -0.2) is 0 Å². The number of hydrogen-bond acceptors (Lipinski definition) is 0. The van der Waals surface area contributed by atoms with Crippen molar-refractivity contribution in [1.29, 1.82) is 0 Å². The molecule has 0 radical (unpaired) electrons. The second kappa shape index (κ2) is 12.3. The van der Waals surface area contributed by atoms with Crippen LogP contribution in [0.25, 0.3) is 109 Å². The van der Waals surface area contributed by atoms with Crippen LogP contribution in [0, 0.1) is 0 Å². The first-order valence-electron chi connectivity index (χ1n) is 18.8. The van der Waals surface area contributed by atoms with Gasteiger partial charge in [-0.3, -0.25) is 0 Å². The summed E-state index contributed by atoms with van der Waals surface area (Å²) in [5.41, 5.74) is 9.96. The quantitative estimate of drug-likeness (QED) is 0.162. The van der Waals surface area contributed by atoms with Crippen molar-refractivity contribution in [3.8, 4) is 44.5 Å². The fraction of sp³-hybridized carbons (Fsp3) is 0.